The van der Waals surface area contributed by atoms with Crippen molar-refractivity contribution in [2.45, 2.75) is 52.1 Å². The van der Waals surface area contributed by atoms with Crippen molar-refractivity contribution in [3.8, 4) is 5.75 Å². The van der Waals surface area contributed by atoms with E-state index in [1.807, 2.05) is 30.3 Å². The molecular weight excluding hydrogens is 360 g/mol. The molecule has 0 saturated heterocycles. The first-order valence-electron chi connectivity index (χ1n) is 9.25. The summed E-state index contributed by atoms with van der Waals surface area (Å²) in [5.74, 6) is -0.196. The van der Waals surface area contributed by atoms with Crippen molar-refractivity contribution >= 4 is 11.9 Å². The van der Waals surface area contributed by atoms with Crippen LogP contribution < -0.4 is 4.74 Å². The zero-order valence-corrected chi connectivity index (χ0v) is 16.0. The Morgan fingerprint density at radius 3 is 2.46 bits per heavy atom. The summed E-state index contributed by atoms with van der Waals surface area (Å²) < 4.78 is 16.4. The molecular formula is C22H24O6. The van der Waals surface area contributed by atoms with Gasteiger partial charge in [-0.15, -0.1) is 0 Å². The van der Waals surface area contributed by atoms with Gasteiger partial charge in [0.1, 0.15) is 31.2 Å². The van der Waals surface area contributed by atoms with Crippen LogP contribution in [0.1, 0.15) is 48.6 Å². The minimum atomic E-state index is -0.924. The molecule has 0 bridgehead atoms. The van der Waals surface area contributed by atoms with Gasteiger partial charge in [-0.1, -0.05) is 36.4 Å². The molecule has 6 nitrogen and oxygen atoms in total. The summed E-state index contributed by atoms with van der Waals surface area (Å²) in [4.78, 5) is 22.6. The molecule has 0 heterocycles. The lowest BCUT2D eigenvalue weighted by Gasteiger charge is -2.31. The van der Waals surface area contributed by atoms with E-state index in [1.54, 1.807) is 12.1 Å². The number of ether oxygens (including phenoxy) is 3. The highest BCUT2D eigenvalue weighted by molar-refractivity contribution is 5.67. The third-order valence-electron chi connectivity index (χ3n) is 4.75. The molecule has 0 amide bonds. The third-order valence-corrected chi connectivity index (χ3v) is 4.75. The summed E-state index contributed by atoms with van der Waals surface area (Å²) in [6, 6.07) is 13.3. The van der Waals surface area contributed by atoms with Crippen molar-refractivity contribution in [1.82, 2.24) is 0 Å². The molecule has 0 saturated carbocycles. The number of rotatable bonds is 6. The minimum Gasteiger partial charge on any atom is -0.488 e. The number of benzene rings is 2. The maximum Gasteiger partial charge on any atom is 0.303 e. The van der Waals surface area contributed by atoms with Crippen molar-refractivity contribution in [1.29, 1.82) is 0 Å². The topological polar surface area (TPSA) is 82.1 Å². The Hall–Kier alpha value is -2.86. The van der Waals surface area contributed by atoms with Gasteiger partial charge < -0.3 is 19.3 Å². The van der Waals surface area contributed by atoms with Crippen LogP contribution in [0.15, 0.2) is 42.5 Å². The fourth-order valence-electron chi connectivity index (χ4n) is 3.45. The molecule has 1 aliphatic rings. The smallest absolute Gasteiger partial charge is 0.303 e. The van der Waals surface area contributed by atoms with Crippen LogP contribution in [-0.2, 0) is 38.7 Å². The summed E-state index contributed by atoms with van der Waals surface area (Å²) in [6.45, 7) is 3.12. The minimum absolute atomic E-state index is 0.0631. The zero-order chi connectivity index (χ0) is 20.1. The van der Waals surface area contributed by atoms with E-state index in [1.165, 1.54) is 13.8 Å². The molecule has 28 heavy (non-hydrogen) atoms. The van der Waals surface area contributed by atoms with Crippen molar-refractivity contribution < 1.29 is 28.9 Å². The van der Waals surface area contributed by atoms with Crippen LogP contribution in [0.25, 0.3) is 0 Å². The van der Waals surface area contributed by atoms with E-state index in [4.69, 9.17) is 14.2 Å². The SMILES string of the molecule is CC(=O)OCc1c(OCc2ccccc2)ccc2c1CC[C@H](OC(C)=O)[C@H]2O. The molecule has 1 N–H and O–H groups in total. The van der Waals surface area contributed by atoms with Gasteiger partial charge in [-0.25, -0.2) is 0 Å². The number of fused-ring (bicyclic) bond motifs is 1. The van der Waals surface area contributed by atoms with E-state index in [0.717, 1.165) is 16.7 Å². The second-order valence-corrected chi connectivity index (χ2v) is 6.80. The molecule has 6 heteroatoms. The van der Waals surface area contributed by atoms with Crippen molar-refractivity contribution in [3.63, 3.8) is 0 Å². The van der Waals surface area contributed by atoms with Crippen molar-refractivity contribution in [2.24, 2.45) is 0 Å². The summed E-state index contributed by atoms with van der Waals surface area (Å²) in [7, 11) is 0. The summed E-state index contributed by atoms with van der Waals surface area (Å²) >= 11 is 0. The maximum absolute atomic E-state index is 11.3. The molecule has 0 fully saturated rings. The quantitative estimate of drug-likeness (QED) is 0.770. The van der Waals surface area contributed by atoms with Crippen LogP contribution >= 0.6 is 0 Å². The maximum atomic E-state index is 11.3. The highest BCUT2D eigenvalue weighted by Gasteiger charge is 2.32. The molecule has 0 radical (unpaired) electrons. The molecule has 0 aliphatic heterocycles. The van der Waals surface area contributed by atoms with Crippen molar-refractivity contribution in [2.75, 3.05) is 0 Å². The van der Waals surface area contributed by atoms with Gasteiger partial charge in [0.05, 0.1) is 0 Å². The number of carbonyl (C=O) groups excluding carboxylic acids is 2. The average Bonchev–Trinajstić information content (AvgIpc) is 2.67. The Morgan fingerprint density at radius 2 is 1.79 bits per heavy atom. The molecule has 3 rings (SSSR count). The Kier molecular flexibility index (Phi) is 6.31. The monoisotopic (exact) mass is 384 g/mol. The molecule has 2 aromatic rings. The van der Waals surface area contributed by atoms with E-state index in [-0.39, 0.29) is 12.6 Å². The highest BCUT2D eigenvalue weighted by Crippen LogP contribution is 2.38. The molecule has 2 atom stereocenters. The fourth-order valence-corrected chi connectivity index (χ4v) is 3.45. The standard InChI is InChI=1S/C22H24O6/c1-14(23)26-13-19-17-8-11-21(28-15(2)24)22(25)18(17)9-10-20(19)27-12-16-6-4-3-5-7-16/h3-7,9-10,21-22,25H,8,11-13H2,1-2H3/t21-,22-/m0/s1. The Morgan fingerprint density at radius 1 is 1.04 bits per heavy atom. The number of hydrogen-bond donors (Lipinski definition) is 1. The predicted octanol–water partition coefficient (Wildman–Crippen LogP) is 3.24. The fraction of sp³-hybridized carbons (Fsp3) is 0.364. The number of hydrogen-bond acceptors (Lipinski definition) is 6. The lowest BCUT2D eigenvalue weighted by Crippen LogP contribution is -2.30. The third kappa shape index (κ3) is 4.70. The van der Waals surface area contributed by atoms with Crippen LogP contribution in [-0.4, -0.2) is 23.1 Å². The van der Waals surface area contributed by atoms with Gasteiger partial charge in [0, 0.05) is 19.4 Å². The van der Waals surface area contributed by atoms with E-state index in [2.05, 4.69) is 0 Å². The Labute approximate surface area is 164 Å². The number of aliphatic hydroxyl groups excluding tert-OH is 1. The summed E-state index contributed by atoms with van der Waals surface area (Å²) in [6.07, 6.45) is -0.429. The normalized spacial score (nSPS) is 18.1. The number of aliphatic hydroxyl groups is 1. The van der Waals surface area contributed by atoms with E-state index < -0.39 is 18.2 Å². The van der Waals surface area contributed by atoms with Crippen molar-refractivity contribution in [3.05, 3.63) is 64.7 Å². The molecule has 1 aliphatic carbocycles. The van der Waals surface area contributed by atoms with Gasteiger partial charge in [-0.2, -0.15) is 0 Å². The van der Waals surface area contributed by atoms with Crippen LogP contribution in [0.3, 0.4) is 0 Å². The second-order valence-electron chi connectivity index (χ2n) is 6.80. The van der Waals surface area contributed by atoms with Gasteiger partial charge in [-0.3, -0.25) is 9.59 Å². The highest BCUT2D eigenvalue weighted by atomic mass is 16.6. The molecule has 0 unspecified atom stereocenters. The second kappa shape index (κ2) is 8.89. The number of carbonyl (C=O) groups is 2. The first-order valence-corrected chi connectivity index (χ1v) is 9.25. The van der Waals surface area contributed by atoms with Crippen LogP contribution in [0.5, 0.6) is 5.75 Å². The van der Waals surface area contributed by atoms with Gasteiger partial charge in [0.25, 0.3) is 0 Å². The van der Waals surface area contributed by atoms with Gasteiger partial charge in [-0.05, 0) is 35.6 Å². The van der Waals surface area contributed by atoms with Crippen LogP contribution in [0.2, 0.25) is 0 Å². The van der Waals surface area contributed by atoms with E-state index in [0.29, 0.717) is 30.8 Å². The van der Waals surface area contributed by atoms with Gasteiger partial charge in [0.15, 0.2) is 0 Å². The first-order chi connectivity index (χ1) is 13.5. The average molecular weight is 384 g/mol. The number of esters is 2. The van der Waals surface area contributed by atoms with Crippen LogP contribution in [0.4, 0.5) is 0 Å². The Balaban J connectivity index is 1.88. The molecule has 0 aromatic heterocycles. The lowest BCUT2D eigenvalue weighted by molar-refractivity contribution is -0.153. The van der Waals surface area contributed by atoms with E-state index in [9.17, 15) is 14.7 Å². The van der Waals surface area contributed by atoms with Crippen LogP contribution in [0, 0.1) is 0 Å². The first kappa shape index (κ1) is 19.9. The predicted molar refractivity (Wildman–Crippen MR) is 102 cm³/mol. The lowest BCUT2D eigenvalue weighted by atomic mass is 9.84. The molecule has 148 valence electrons. The van der Waals surface area contributed by atoms with Gasteiger partial charge >= 0.3 is 11.9 Å². The zero-order valence-electron chi connectivity index (χ0n) is 16.0. The summed E-state index contributed by atoms with van der Waals surface area (Å²) in [5, 5.41) is 10.6. The molecule has 0 spiro atoms. The Bertz CT molecular complexity index is 846. The van der Waals surface area contributed by atoms with E-state index >= 15 is 0 Å². The molecule has 2 aromatic carbocycles. The largest absolute Gasteiger partial charge is 0.488 e. The van der Waals surface area contributed by atoms with Gasteiger partial charge in [0.2, 0.25) is 0 Å². The summed E-state index contributed by atoms with van der Waals surface area (Å²) in [5.41, 5.74) is 3.31.